The third kappa shape index (κ3) is 25.9. The molecule has 0 aliphatic heterocycles. The van der Waals surface area contributed by atoms with E-state index in [4.69, 9.17) is 86.0 Å². The van der Waals surface area contributed by atoms with Crippen LogP contribution in [0.3, 0.4) is 0 Å². The summed E-state index contributed by atoms with van der Waals surface area (Å²) in [6.07, 6.45) is 4.20. The van der Waals surface area contributed by atoms with Crippen LogP contribution in [-0.4, -0.2) is 161 Å². The Morgan fingerprint density at radius 1 is 0.449 bits per heavy atom. The van der Waals surface area contributed by atoms with E-state index in [9.17, 15) is 19.2 Å². The van der Waals surface area contributed by atoms with Crippen molar-refractivity contribution in [1.82, 2.24) is 51.8 Å². The fourth-order valence-electron chi connectivity index (χ4n) is 6.45. The van der Waals surface area contributed by atoms with Crippen molar-refractivity contribution in [2.75, 3.05) is 128 Å². The second-order valence-electron chi connectivity index (χ2n) is 16.4. The summed E-state index contributed by atoms with van der Waals surface area (Å²) in [5.41, 5.74) is 35.8. The number of aliphatic imine (C=N–C) groups is 2. The van der Waals surface area contributed by atoms with Crippen LogP contribution in [-0.2, 0) is 31.8 Å². The molecule has 2 aromatic heterocycles. The number of nitrogens with zero attached hydrogens (tertiary/aromatic N) is 6. The smallest absolute Gasteiger partial charge is 0.314 e. The van der Waals surface area contributed by atoms with Crippen LogP contribution >= 0.6 is 23.2 Å². The second kappa shape index (κ2) is 36.3. The largest absolute Gasteiger partial charge is 0.491 e. The van der Waals surface area contributed by atoms with Gasteiger partial charge in [-0.15, -0.1) is 0 Å². The Kier molecular flexibility index (Phi) is 29.2. The maximum atomic E-state index is 12.4. The third-order valence-corrected chi connectivity index (χ3v) is 10.9. The van der Waals surface area contributed by atoms with Crippen LogP contribution in [0, 0.1) is 0 Å². The van der Waals surface area contributed by atoms with Crippen molar-refractivity contribution >= 4 is 82.3 Å². The Hall–Kier alpha value is -7.76. The highest BCUT2D eigenvalue weighted by molar-refractivity contribution is 6.32. The van der Waals surface area contributed by atoms with Gasteiger partial charge in [-0.2, -0.15) is 0 Å². The molecule has 4 aromatic rings. The van der Waals surface area contributed by atoms with E-state index in [2.05, 4.69) is 61.8 Å². The number of urea groups is 2. The molecule has 0 spiro atoms. The highest BCUT2D eigenvalue weighted by Crippen LogP contribution is 2.19. The molecule has 0 bridgehead atoms. The number of nitrogens with one attached hydrogen (secondary N) is 6. The number of aryl methyl sites for hydroxylation is 2. The molecule has 78 heavy (non-hydrogen) atoms. The number of hydrogen-bond donors (Lipinski definition) is 12. The van der Waals surface area contributed by atoms with Crippen molar-refractivity contribution in [2.24, 2.45) is 21.5 Å². The molecule has 28 nitrogen and oxygen atoms in total. The number of aromatic nitrogens is 4. The standard InChI is InChI=1S/C48H70Cl2N18O10/c49-37-41(53)65-39(51)35(63-37)43(69)67-45(55)57-17-3-5-31-7-11-33(12-8-31)77-29-27-75-25-23-73-21-19-61-47(71)59-15-1-2-16-60-48(72)62-20-22-74-24-26-76-28-30-78-34-13-9-32(10-14-34)6-4-18-58-46(56)68-44(70)36-40(52)66-42(54)38(50)64-36/h7-14H,1-6,15-30H2,(H4,51,53,65)(H4,52,54,66)(H2,59,61,71)(H2,60,62,72)(H3,55,57,67,69)(H3,56,58,68,70). The molecule has 0 atom stereocenters. The number of benzene rings is 2. The predicted molar refractivity (Wildman–Crippen MR) is 295 cm³/mol. The average Bonchev–Trinajstić information content (AvgIpc) is 3.43. The summed E-state index contributed by atoms with van der Waals surface area (Å²) in [5.74, 6) is -0.683. The number of ether oxygens (including phenoxy) is 6. The number of carbonyl (C=O) groups is 4. The summed E-state index contributed by atoms with van der Waals surface area (Å²) >= 11 is 11.6. The molecule has 426 valence electrons. The van der Waals surface area contributed by atoms with E-state index >= 15 is 0 Å². The molecule has 2 aromatic carbocycles. The summed E-state index contributed by atoms with van der Waals surface area (Å²) < 4.78 is 33.6. The Labute approximate surface area is 461 Å². The minimum Gasteiger partial charge on any atom is -0.491 e. The van der Waals surface area contributed by atoms with Gasteiger partial charge >= 0.3 is 12.1 Å². The van der Waals surface area contributed by atoms with Gasteiger partial charge < -0.3 is 84.1 Å². The second-order valence-corrected chi connectivity index (χ2v) is 17.1. The van der Waals surface area contributed by atoms with Crippen LogP contribution in [0.5, 0.6) is 11.5 Å². The predicted octanol–water partition coefficient (Wildman–Crippen LogP) is 1.16. The maximum Gasteiger partial charge on any atom is 0.314 e. The van der Waals surface area contributed by atoms with E-state index in [1.165, 1.54) is 0 Å². The van der Waals surface area contributed by atoms with Gasteiger partial charge in [0.15, 0.2) is 56.9 Å². The van der Waals surface area contributed by atoms with Gasteiger partial charge in [0.05, 0.1) is 52.9 Å². The van der Waals surface area contributed by atoms with Gasteiger partial charge in [0.2, 0.25) is 0 Å². The monoisotopic (exact) mass is 1130 g/mol. The summed E-state index contributed by atoms with van der Waals surface area (Å²) in [5, 5.41) is 15.5. The lowest BCUT2D eigenvalue weighted by atomic mass is 10.1. The number of halogens is 2. The van der Waals surface area contributed by atoms with E-state index in [1.54, 1.807) is 0 Å². The Balaban J connectivity index is 0.853. The first-order valence-electron chi connectivity index (χ1n) is 24.9. The van der Waals surface area contributed by atoms with Gasteiger partial charge in [-0.25, -0.2) is 29.5 Å². The third-order valence-electron chi connectivity index (χ3n) is 10.4. The zero-order valence-corrected chi connectivity index (χ0v) is 44.7. The van der Waals surface area contributed by atoms with Gasteiger partial charge in [-0.1, -0.05) is 47.5 Å². The molecule has 2 heterocycles. The lowest BCUT2D eigenvalue weighted by molar-refractivity contribution is 0.0377. The molecular formula is C48H70Cl2N18O10. The summed E-state index contributed by atoms with van der Waals surface area (Å²) in [6, 6.07) is 14.7. The number of guanidine groups is 2. The molecule has 18 N–H and O–H groups in total. The number of anilines is 4. The quantitative estimate of drug-likeness (QED) is 0.0175. The fourth-order valence-corrected chi connectivity index (χ4v) is 6.70. The van der Waals surface area contributed by atoms with E-state index in [0.717, 1.165) is 24.0 Å². The van der Waals surface area contributed by atoms with E-state index in [0.29, 0.717) is 143 Å². The van der Waals surface area contributed by atoms with Crippen molar-refractivity contribution in [1.29, 1.82) is 0 Å². The van der Waals surface area contributed by atoms with Crippen LogP contribution < -0.4 is 75.8 Å². The first-order chi connectivity index (χ1) is 37.7. The first kappa shape index (κ1) is 62.8. The normalized spacial score (nSPS) is 11.4. The topological polar surface area (TPSA) is 428 Å². The van der Waals surface area contributed by atoms with Crippen molar-refractivity contribution in [3.63, 3.8) is 0 Å². The minimum absolute atomic E-state index is 0.0847. The fraction of sp³-hybridized carbons (Fsp3) is 0.458. The maximum absolute atomic E-state index is 12.4. The summed E-state index contributed by atoms with van der Waals surface area (Å²) in [4.78, 5) is 72.3. The molecule has 4 rings (SSSR count). The van der Waals surface area contributed by atoms with Gasteiger partial charge in [0.1, 0.15) is 24.7 Å². The lowest BCUT2D eigenvalue weighted by Crippen LogP contribution is -2.39. The first-order valence-corrected chi connectivity index (χ1v) is 25.6. The summed E-state index contributed by atoms with van der Waals surface area (Å²) in [7, 11) is 0. The van der Waals surface area contributed by atoms with Crippen LogP contribution in [0.15, 0.2) is 58.5 Å². The van der Waals surface area contributed by atoms with E-state index in [-0.39, 0.29) is 68.9 Å². The molecule has 6 amide bonds. The zero-order chi connectivity index (χ0) is 56.3. The molecule has 0 aliphatic carbocycles. The zero-order valence-electron chi connectivity index (χ0n) is 43.2. The van der Waals surface area contributed by atoms with Gasteiger partial charge in [0.25, 0.3) is 11.8 Å². The molecular weight excluding hydrogens is 1060 g/mol. The number of unbranched alkanes of at least 4 members (excludes halogenated alkanes) is 1. The molecule has 0 aliphatic rings. The van der Waals surface area contributed by atoms with Crippen LogP contribution in [0.25, 0.3) is 0 Å². The van der Waals surface area contributed by atoms with Gasteiger partial charge in [-0.3, -0.25) is 30.2 Å². The van der Waals surface area contributed by atoms with Crippen molar-refractivity contribution in [3.05, 3.63) is 81.4 Å². The summed E-state index contributed by atoms with van der Waals surface area (Å²) in [6.45, 7) is 5.99. The lowest BCUT2D eigenvalue weighted by Gasteiger charge is -2.10. The number of hydrogen-bond acceptors (Lipinski definition) is 20. The van der Waals surface area contributed by atoms with Crippen LogP contribution in [0.4, 0.5) is 32.9 Å². The number of carbonyl (C=O) groups excluding carboxylic acids is 4. The number of amides is 6. The van der Waals surface area contributed by atoms with Gasteiger partial charge in [-0.05, 0) is 73.9 Å². The Bertz CT molecular complexity index is 2380. The molecule has 30 heteroatoms. The molecule has 0 unspecified atom stereocenters. The average molecular weight is 1130 g/mol. The molecule has 0 radical (unpaired) electrons. The van der Waals surface area contributed by atoms with Crippen LogP contribution in [0.1, 0.15) is 57.8 Å². The van der Waals surface area contributed by atoms with E-state index < -0.39 is 11.8 Å². The number of nitrogens with two attached hydrogens (primary N) is 6. The van der Waals surface area contributed by atoms with Crippen molar-refractivity contribution in [3.8, 4) is 11.5 Å². The molecule has 0 fully saturated rings. The Morgan fingerprint density at radius 2 is 0.795 bits per heavy atom. The Morgan fingerprint density at radius 3 is 1.18 bits per heavy atom. The minimum atomic E-state index is -0.699. The van der Waals surface area contributed by atoms with Crippen molar-refractivity contribution in [2.45, 2.75) is 38.5 Å². The van der Waals surface area contributed by atoms with Crippen molar-refractivity contribution < 1.29 is 47.6 Å². The number of nitrogen functional groups attached to an aromatic ring is 4. The van der Waals surface area contributed by atoms with Crippen LogP contribution in [0.2, 0.25) is 10.3 Å². The highest BCUT2D eigenvalue weighted by Gasteiger charge is 2.18. The number of rotatable bonds is 35. The van der Waals surface area contributed by atoms with E-state index in [1.807, 2.05) is 48.5 Å². The van der Waals surface area contributed by atoms with Gasteiger partial charge in [0, 0.05) is 39.3 Å². The SMILES string of the molecule is NC(=NCCCc1ccc(OCCOCCOCCNC(=O)NCCCCNC(=O)NCCOCCOCCOc2ccc(CCCN=C(N)NC(=O)c3nc(Cl)c(N)nc3N)cc2)cc1)NC(=O)c1nc(Cl)c(N)nc1N. The highest BCUT2D eigenvalue weighted by atomic mass is 35.5. The molecule has 0 saturated heterocycles. The molecule has 0 saturated carbocycles.